The summed E-state index contributed by atoms with van der Waals surface area (Å²) in [6.45, 7) is 41.7. The van der Waals surface area contributed by atoms with Crippen molar-refractivity contribution in [1.82, 2.24) is 55.6 Å². The minimum Gasteiger partial charge on any atom is -0.411 e. The molecule has 4 N–H and O–H groups in total. The van der Waals surface area contributed by atoms with Gasteiger partial charge in [0.25, 0.3) is 0 Å². The average molecular weight is 1400 g/mol. The first kappa shape index (κ1) is 88.5. The quantitative estimate of drug-likeness (QED) is 0.113. The molecule has 11 amide bonds. The molecule has 0 saturated carbocycles. The van der Waals surface area contributed by atoms with Crippen molar-refractivity contribution in [1.29, 1.82) is 0 Å². The van der Waals surface area contributed by atoms with Crippen molar-refractivity contribution in [3.63, 3.8) is 0 Å². The molecule has 96 heavy (non-hydrogen) atoms. The fourth-order valence-electron chi connectivity index (χ4n) is 11.7. The first-order chi connectivity index (χ1) is 43.8. The molecule has 1 rings (SSSR count). The maximum absolute atomic E-state index is 15.9. The van der Waals surface area contributed by atoms with Crippen molar-refractivity contribution in [3.05, 3.63) is 0 Å². The molecule has 1 aliphatic rings. The molecular formula is C69H129N11O14SSi. The van der Waals surface area contributed by atoms with Gasteiger partial charge in [-0.05, 0) is 118 Å². The first-order valence-electron chi connectivity index (χ1n) is 34.5. The second kappa shape index (κ2) is 38.1. The van der Waals surface area contributed by atoms with Crippen LogP contribution in [0.3, 0.4) is 0 Å². The molecule has 14 atom stereocenters. The van der Waals surface area contributed by atoms with Crippen LogP contribution < -0.4 is 21.3 Å². The molecule has 1 aliphatic heterocycles. The lowest BCUT2D eigenvalue weighted by atomic mass is 9.91. The number of hydrogen-bond acceptors (Lipinski definition) is 14. The number of likely N-dealkylation sites (N-methyl/N-ethyl adjacent to an activating group) is 7. The third-order valence-electron chi connectivity index (χ3n) is 19.1. The largest absolute Gasteiger partial charge is 0.411 e. The highest BCUT2D eigenvalue weighted by atomic mass is 32.2. The van der Waals surface area contributed by atoms with Crippen LogP contribution in [0.1, 0.15) is 178 Å². The van der Waals surface area contributed by atoms with Crippen LogP contribution in [-0.4, -0.2) is 247 Å². The van der Waals surface area contributed by atoms with E-state index in [1.165, 1.54) is 111 Å². The van der Waals surface area contributed by atoms with E-state index in [1.54, 1.807) is 41.5 Å². The first-order valence-corrected chi connectivity index (χ1v) is 38.9. The van der Waals surface area contributed by atoms with Crippen LogP contribution in [0.25, 0.3) is 0 Å². The highest BCUT2D eigenvalue weighted by Gasteiger charge is 2.50. The van der Waals surface area contributed by atoms with E-state index in [0.29, 0.717) is 0 Å². The number of nitrogens with zero attached hydrogens (tertiary/aromatic N) is 7. The molecule has 0 spiro atoms. The summed E-state index contributed by atoms with van der Waals surface area (Å²) < 4.78 is 25.1. The van der Waals surface area contributed by atoms with Gasteiger partial charge in [0.05, 0.1) is 12.7 Å². The van der Waals surface area contributed by atoms with Gasteiger partial charge in [-0.25, -0.2) is 4.21 Å². The lowest BCUT2D eigenvalue weighted by Gasteiger charge is -2.46. The van der Waals surface area contributed by atoms with Gasteiger partial charge < -0.3 is 60.0 Å². The van der Waals surface area contributed by atoms with Gasteiger partial charge in [0.15, 0.2) is 19.4 Å². The van der Waals surface area contributed by atoms with E-state index < -0.39 is 186 Å². The molecule has 25 nitrogen and oxygen atoms in total. The normalized spacial score (nSPS) is 26.7. The molecule has 0 radical (unpaired) electrons. The molecule has 0 aromatic heterocycles. The van der Waals surface area contributed by atoms with Crippen molar-refractivity contribution >= 4 is 84.4 Å². The SMILES string of the molecule is CC(C)C[C@@H]1C(=O)N(C)[C@H](CC(C)C)C(=O)N(C)[C@H](C(C)C)C(=O)N(C)[C@H]([C@H](O[Si](C)(C)C(C)(C)C)[C@H](C)CCOS(C)=O)C(=O)N[C@H](C(C)C)C(=O)N(C)[C@H](C)C(=O)N(C)[C@@H](CC(C)C)C(=O)N[C@H](C(C)C)C(=O)N(C)[C@H](CC(C)C)C(=O)N[C@H](C)C(=O)N[C@@H](C)C(=O)N1C. The molecule has 0 aliphatic carbocycles. The molecule has 1 unspecified atom stereocenters. The van der Waals surface area contributed by atoms with E-state index in [9.17, 15) is 33.0 Å². The van der Waals surface area contributed by atoms with Crippen LogP contribution in [0.5, 0.6) is 0 Å². The second-order valence-corrected chi connectivity index (χ2v) is 37.1. The number of rotatable bonds is 19. The van der Waals surface area contributed by atoms with Crippen LogP contribution in [0.15, 0.2) is 0 Å². The minimum atomic E-state index is -2.92. The summed E-state index contributed by atoms with van der Waals surface area (Å²) in [4.78, 5) is 174. The summed E-state index contributed by atoms with van der Waals surface area (Å²) in [6, 6.07) is -13.7. The van der Waals surface area contributed by atoms with Gasteiger partial charge in [0.2, 0.25) is 65.0 Å². The van der Waals surface area contributed by atoms with E-state index in [0.717, 1.165) is 0 Å². The summed E-state index contributed by atoms with van der Waals surface area (Å²) in [5.74, 6) is -10.3. The van der Waals surface area contributed by atoms with E-state index in [4.69, 9.17) is 8.61 Å². The van der Waals surface area contributed by atoms with Crippen LogP contribution >= 0.6 is 0 Å². The van der Waals surface area contributed by atoms with Crippen molar-refractivity contribution < 1.29 is 65.6 Å². The summed E-state index contributed by atoms with van der Waals surface area (Å²) in [5, 5.41) is 10.9. The Balaban J connectivity index is 4.69. The van der Waals surface area contributed by atoms with Gasteiger partial charge in [-0.1, -0.05) is 125 Å². The van der Waals surface area contributed by atoms with E-state index >= 15 is 24.0 Å². The zero-order chi connectivity index (χ0) is 75.0. The van der Waals surface area contributed by atoms with Crippen molar-refractivity contribution in [2.24, 2.45) is 47.3 Å². The Hall–Kier alpha value is -5.54. The van der Waals surface area contributed by atoms with Gasteiger partial charge in [0.1, 0.15) is 66.5 Å². The van der Waals surface area contributed by atoms with Crippen LogP contribution in [0.4, 0.5) is 0 Å². The average Bonchev–Trinajstić information content (AvgIpc) is 0.814. The standard InChI is InChI=1S/C69H129N11O14SSi/c1-38(2)34-49-59(82)70-46(16)58(81)71-47(17)62(85)77(25)51(36-40(5)6)64(87)78(26)52(37-41(7)8)65(88)79(27)55(44(13)14)68(91)80(28)56(57(45(15)32-33-93-95(29)92)94-96(30,31)69(19,20)21)61(84)73-53(42(9)10)66(89)74(22)48(18)63(86)75(23)50(35-39(3)4)60(83)72-54(43(11)12)67(90)76(49)24/h38-57H,32-37H2,1-31H3,(H,70,82)(H,71,81)(H,72,83)(H,73,84)/t45-,46-,47+,48-,49-,50+,51-,52-,53-,54-,55-,56-,57-,95?/m1/s1. The van der Waals surface area contributed by atoms with Gasteiger partial charge in [0, 0.05) is 55.6 Å². The van der Waals surface area contributed by atoms with Crippen LogP contribution in [0.2, 0.25) is 18.1 Å². The number of carbonyl (C=O) groups is 11. The summed E-state index contributed by atoms with van der Waals surface area (Å²) in [5.41, 5.74) is 0. The molecule has 27 heteroatoms. The minimum absolute atomic E-state index is 0.00964. The van der Waals surface area contributed by atoms with E-state index in [2.05, 4.69) is 21.3 Å². The monoisotopic (exact) mass is 1400 g/mol. The Morgan fingerprint density at radius 1 is 0.427 bits per heavy atom. The second-order valence-electron chi connectivity index (χ2n) is 31.3. The van der Waals surface area contributed by atoms with Crippen LogP contribution in [-0.2, 0) is 72.4 Å². The zero-order valence-electron chi connectivity index (χ0n) is 64.5. The van der Waals surface area contributed by atoms with Crippen molar-refractivity contribution in [3.8, 4) is 0 Å². The number of amides is 11. The van der Waals surface area contributed by atoms with Gasteiger partial charge in [-0.2, -0.15) is 0 Å². The van der Waals surface area contributed by atoms with E-state index in [1.807, 2.05) is 96.2 Å². The lowest BCUT2D eigenvalue weighted by Crippen LogP contribution is -2.65. The molecule has 554 valence electrons. The number of hydrogen-bond donors (Lipinski definition) is 4. The zero-order valence-corrected chi connectivity index (χ0v) is 66.4. The predicted molar refractivity (Wildman–Crippen MR) is 379 cm³/mol. The van der Waals surface area contributed by atoms with E-state index in [-0.39, 0.29) is 62.4 Å². The maximum atomic E-state index is 15.9. The lowest BCUT2D eigenvalue weighted by molar-refractivity contribution is -0.157. The Kier molecular flexibility index (Phi) is 35.2. The number of nitrogens with one attached hydrogen (secondary N) is 4. The maximum Gasteiger partial charge on any atom is 0.246 e. The predicted octanol–water partition coefficient (Wildman–Crippen LogP) is 5.67. The van der Waals surface area contributed by atoms with Crippen molar-refractivity contribution in [2.75, 3.05) is 62.2 Å². The third kappa shape index (κ3) is 24.4. The molecule has 1 saturated heterocycles. The number of carbonyl (C=O) groups excluding carboxylic acids is 11. The molecule has 1 heterocycles. The molecular weight excluding hydrogens is 1270 g/mol. The van der Waals surface area contributed by atoms with Crippen LogP contribution in [0, 0.1) is 47.3 Å². The van der Waals surface area contributed by atoms with Gasteiger partial charge >= 0.3 is 0 Å². The molecule has 1 fully saturated rings. The Labute approximate surface area is 580 Å². The highest BCUT2D eigenvalue weighted by Crippen LogP contribution is 2.40. The smallest absolute Gasteiger partial charge is 0.246 e. The fourth-order valence-corrected chi connectivity index (χ4v) is 13.5. The van der Waals surface area contributed by atoms with Crippen molar-refractivity contribution in [2.45, 2.75) is 268 Å². The summed E-state index contributed by atoms with van der Waals surface area (Å²) >= 11 is -1.65. The van der Waals surface area contributed by atoms with Gasteiger partial charge in [-0.3, -0.25) is 56.9 Å². The topological polar surface area (TPSA) is 294 Å². The Morgan fingerprint density at radius 2 is 0.781 bits per heavy atom. The summed E-state index contributed by atoms with van der Waals surface area (Å²) in [7, 11) is 7.23. The molecule has 0 bridgehead atoms. The third-order valence-corrected chi connectivity index (χ3v) is 24.0. The summed E-state index contributed by atoms with van der Waals surface area (Å²) in [6.07, 6.45) is 1.05. The highest BCUT2D eigenvalue weighted by molar-refractivity contribution is 7.79. The molecule has 0 aromatic rings. The van der Waals surface area contributed by atoms with Gasteiger partial charge in [-0.15, -0.1) is 0 Å². The Morgan fingerprint density at radius 3 is 1.19 bits per heavy atom. The fraction of sp³-hybridized carbons (Fsp3) is 0.841. The Bertz CT molecular complexity index is 2690. The molecule has 0 aromatic carbocycles.